The van der Waals surface area contributed by atoms with E-state index in [4.69, 9.17) is 11.5 Å². The third-order valence-electron chi connectivity index (χ3n) is 1.91. The fourth-order valence-electron chi connectivity index (χ4n) is 0.964. The third kappa shape index (κ3) is 4.31. The molecule has 0 aliphatic carbocycles. The number of aliphatic hydroxyl groups excluding tert-OH is 1. The third-order valence-corrected chi connectivity index (χ3v) is 1.91. The van der Waals surface area contributed by atoms with Gasteiger partial charge in [-0.2, -0.15) is 0 Å². The summed E-state index contributed by atoms with van der Waals surface area (Å²) in [5.41, 5.74) is 10.4. The predicted octanol–water partition coefficient (Wildman–Crippen LogP) is -0.404. The Kier molecular flexibility index (Phi) is 4.85. The molecular formula is C8H18N2O2. The Bertz CT molecular complexity index is 148. The molecule has 0 rings (SSSR count). The quantitative estimate of drug-likeness (QED) is 0.529. The van der Waals surface area contributed by atoms with Crippen LogP contribution in [0.4, 0.5) is 0 Å². The van der Waals surface area contributed by atoms with Crippen LogP contribution in [0.3, 0.4) is 0 Å². The monoisotopic (exact) mass is 174 g/mol. The molecule has 0 aromatic carbocycles. The van der Waals surface area contributed by atoms with E-state index in [1.54, 1.807) is 6.92 Å². The van der Waals surface area contributed by atoms with Gasteiger partial charge in [-0.3, -0.25) is 4.79 Å². The van der Waals surface area contributed by atoms with Crippen molar-refractivity contribution in [2.45, 2.75) is 38.8 Å². The van der Waals surface area contributed by atoms with Gasteiger partial charge in [0.15, 0.2) is 0 Å². The Balaban J connectivity index is 3.71. The van der Waals surface area contributed by atoms with E-state index >= 15 is 0 Å². The highest BCUT2D eigenvalue weighted by Gasteiger charge is 2.19. The molecule has 0 aliphatic heterocycles. The molecule has 0 heterocycles. The number of carbonyl (C=O) groups is 1. The van der Waals surface area contributed by atoms with Crippen molar-refractivity contribution in [1.29, 1.82) is 0 Å². The van der Waals surface area contributed by atoms with Crippen LogP contribution in [0.5, 0.6) is 0 Å². The Hall–Kier alpha value is -0.610. The molecule has 72 valence electrons. The van der Waals surface area contributed by atoms with Crippen LogP contribution >= 0.6 is 0 Å². The molecule has 0 aromatic heterocycles. The summed E-state index contributed by atoms with van der Waals surface area (Å²) in [5.74, 6) is -0.763. The van der Waals surface area contributed by atoms with E-state index in [0.717, 1.165) is 12.8 Å². The highest BCUT2D eigenvalue weighted by molar-refractivity contribution is 5.78. The van der Waals surface area contributed by atoms with Gasteiger partial charge in [0.2, 0.25) is 5.91 Å². The highest BCUT2D eigenvalue weighted by Crippen LogP contribution is 2.11. The zero-order chi connectivity index (χ0) is 9.72. The van der Waals surface area contributed by atoms with Gasteiger partial charge in [0, 0.05) is 6.04 Å². The van der Waals surface area contributed by atoms with Crippen molar-refractivity contribution in [2.24, 2.45) is 17.4 Å². The molecule has 0 spiro atoms. The number of hydrogen-bond acceptors (Lipinski definition) is 3. The van der Waals surface area contributed by atoms with Gasteiger partial charge in [-0.05, 0) is 25.7 Å². The Morgan fingerprint density at radius 1 is 1.42 bits per heavy atom. The van der Waals surface area contributed by atoms with Crippen LogP contribution in [0.15, 0.2) is 0 Å². The Morgan fingerprint density at radius 3 is 2.25 bits per heavy atom. The van der Waals surface area contributed by atoms with E-state index in [1.165, 1.54) is 0 Å². The zero-order valence-corrected chi connectivity index (χ0v) is 7.66. The van der Waals surface area contributed by atoms with Crippen LogP contribution in [0.25, 0.3) is 0 Å². The second-order valence-corrected chi connectivity index (χ2v) is 3.38. The molecule has 1 amide bonds. The first-order valence-electron chi connectivity index (χ1n) is 4.18. The van der Waals surface area contributed by atoms with Crippen molar-refractivity contribution >= 4 is 5.91 Å². The van der Waals surface area contributed by atoms with E-state index in [2.05, 4.69) is 0 Å². The lowest BCUT2D eigenvalue weighted by molar-refractivity contribution is -0.128. The van der Waals surface area contributed by atoms with Gasteiger partial charge >= 0.3 is 0 Å². The summed E-state index contributed by atoms with van der Waals surface area (Å²) >= 11 is 0. The first-order chi connectivity index (χ1) is 5.45. The molecule has 3 unspecified atom stereocenters. The SMILES string of the molecule is CC(N)CCC(C)C(O)C(N)=O. The first kappa shape index (κ1) is 11.4. The Labute approximate surface area is 72.9 Å². The van der Waals surface area contributed by atoms with E-state index in [0.29, 0.717) is 0 Å². The van der Waals surface area contributed by atoms with Gasteiger partial charge in [0.25, 0.3) is 0 Å². The van der Waals surface area contributed by atoms with E-state index < -0.39 is 12.0 Å². The molecule has 3 atom stereocenters. The first-order valence-corrected chi connectivity index (χ1v) is 4.18. The lowest BCUT2D eigenvalue weighted by Gasteiger charge is -2.16. The summed E-state index contributed by atoms with van der Waals surface area (Å²) in [4.78, 5) is 10.5. The molecule has 4 heteroatoms. The number of carbonyl (C=O) groups excluding carboxylic acids is 1. The second kappa shape index (κ2) is 5.11. The summed E-state index contributed by atoms with van der Waals surface area (Å²) in [6.45, 7) is 3.68. The van der Waals surface area contributed by atoms with Gasteiger partial charge < -0.3 is 16.6 Å². The highest BCUT2D eigenvalue weighted by atomic mass is 16.3. The van der Waals surface area contributed by atoms with Gasteiger partial charge in [-0.25, -0.2) is 0 Å². The largest absolute Gasteiger partial charge is 0.383 e. The molecule has 0 saturated carbocycles. The van der Waals surface area contributed by atoms with Crippen molar-refractivity contribution in [2.75, 3.05) is 0 Å². The number of rotatable bonds is 5. The van der Waals surface area contributed by atoms with Gasteiger partial charge in [0.1, 0.15) is 6.10 Å². The molecule has 12 heavy (non-hydrogen) atoms. The number of primary amides is 1. The lowest BCUT2D eigenvalue weighted by Crippen LogP contribution is -2.34. The summed E-state index contributed by atoms with van der Waals surface area (Å²) in [6, 6.07) is 0.104. The van der Waals surface area contributed by atoms with Crippen LogP contribution in [0, 0.1) is 5.92 Å². The molecular weight excluding hydrogens is 156 g/mol. The van der Waals surface area contributed by atoms with Crippen LogP contribution in [-0.2, 0) is 4.79 Å². The molecule has 0 aliphatic rings. The maximum Gasteiger partial charge on any atom is 0.246 e. The zero-order valence-electron chi connectivity index (χ0n) is 7.66. The summed E-state index contributed by atoms with van der Waals surface area (Å²) in [7, 11) is 0. The van der Waals surface area contributed by atoms with Crippen molar-refractivity contribution in [3.8, 4) is 0 Å². The van der Waals surface area contributed by atoms with Crippen molar-refractivity contribution < 1.29 is 9.90 Å². The topological polar surface area (TPSA) is 89.3 Å². The maximum atomic E-state index is 10.5. The van der Waals surface area contributed by atoms with Gasteiger partial charge in [-0.15, -0.1) is 0 Å². The van der Waals surface area contributed by atoms with Crippen LogP contribution < -0.4 is 11.5 Å². The Morgan fingerprint density at radius 2 is 1.92 bits per heavy atom. The molecule has 0 radical (unpaired) electrons. The molecule has 0 fully saturated rings. The predicted molar refractivity (Wildman–Crippen MR) is 47.2 cm³/mol. The van der Waals surface area contributed by atoms with Crippen molar-refractivity contribution in [1.82, 2.24) is 0 Å². The fraction of sp³-hybridized carbons (Fsp3) is 0.875. The van der Waals surface area contributed by atoms with Crippen LogP contribution in [0.2, 0.25) is 0 Å². The number of hydrogen-bond donors (Lipinski definition) is 3. The number of nitrogens with two attached hydrogens (primary N) is 2. The smallest absolute Gasteiger partial charge is 0.246 e. The van der Waals surface area contributed by atoms with Gasteiger partial charge in [0.05, 0.1) is 0 Å². The maximum absolute atomic E-state index is 10.5. The molecule has 5 N–H and O–H groups in total. The van der Waals surface area contributed by atoms with Gasteiger partial charge in [-0.1, -0.05) is 6.92 Å². The van der Waals surface area contributed by atoms with E-state index in [-0.39, 0.29) is 12.0 Å². The fourth-order valence-corrected chi connectivity index (χ4v) is 0.964. The van der Waals surface area contributed by atoms with Crippen molar-refractivity contribution in [3.63, 3.8) is 0 Å². The normalized spacial score (nSPS) is 18.3. The molecule has 0 bridgehead atoms. The lowest BCUT2D eigenvalue weighted by atomic mass is 9.97. The van der Waals surface area contributed by atoms with E-state index in [1.807, 2.05) is 6.92 Å². The minimum Gasteiger partial charge on any atom is -0.383 e. The van der Waals surface area contributed by atoms with E-state index in [9.17, 15) is 9.90 Å². The summed E-state index contributed by atoms with van der Waals surface area (Å²) in [6.07, 6.45) is 0.483. The van der Waals surface area contributed by atoms with Crippen molar-refractivity contribution in [3.05, 3.63) is 0 Å². The number of aliphatic hydroxyl groups is 1. The minimum absolute atomic E-state index is 0.103. The number of amides is 1. The molecule has 0 aromatic rings. The molecule has 0 saturated heterocycles. The van der Waals surface area contributed by atoms with Crippen LogP contribution in [0.1, 0.15) is 26.7 Å². The summed E-state index contributed by atoms with van der Waals surface area (Å²) in [5, 5.41) is 9.19. The van der Waals surface area contributed by atoms with Crippen LogP contribution in [-0.4, -0.2) is 23.2 Å². The average molecular weight is 174 g/mol. The minimum atomic E-state index is -1.04. The summed E-state index contributed by atoms with van der Waals surface area (Å²) < 4.78 is 0. The standard InChI is InChI=1S/C8H18N2O2/c1-5(3-4-6(2)9)7(11)8(10)12/h5-7,11H,3-4,9H2,1-2H3,(H2,10,12). The molecule has 4 nitrogen and oxygen atoms in total. The average Bonchev–Trinajstić information content (AvgIpc) is 1.98. The second-order valence-electron chi connectivity index (χ2n) is 3.38.